The van der Waals surface area contributed by atoms with Crippen molar-refractivity contribution in [1.29, 1.82) is 0 Å². The van der Waals surface area contributed by atoms with E-state index in [2.05, 4.69) is 4.98 Å². The van der Waals surface area contributed by atoms with Gasteiger partial charge in [0.1, 0.15) is 5.82 Å². The summed E-state index contributed by atoms with van der Waals surface area (Å²) in [5.41, 5.74) is 0.962. The van der Waals surface area contributed by atoms with Gasteiger partial charge < -0.3 is 9.84 Å². The van der Waals surface area contributed by atoms with Crippen molar-refractivity contribution in [2.24, 2.45) is 0 Å². The van der Waals surface area contributed by atoms with Crippen LogP contribution in [0.5, 0.6) is 0 Å². The molecule has 1 aromatic heterocycles. The maximum absolute atomic E-state index is 13.3. The summed E-state index contributed by atoms with van der Waals surface area (Å²) in [7, 11) is 1.27. The molecule has 3 aromatic rings. The number of aliphatic hydroxyl groups is 1. The lowest BCUT2D eigenvalue weighted by molar-refractivity contribution is 0.0601. The summed E-state index contributed by atoms with van der Waals surface area (Å²) in [6.45, 7) is 1.63. The first-order valence-electron chi connectivity index (χ1n) is 8.68. The van der Waals surface area contributed by atoms with Crippen molar-refractivity contribution < 1.29 is 19.0 Å². The second-order valence-electron chi connectivity index (χ2n) is 6.41. The predicted molar refractivity (Wildman–Crippen MR) is 110 cm³/mol. The standard InChI is InChI=1S/C20H18ClFN2O4S/c1-11(25)9-24-18(26)15-6-4-12(19(27)28-2)7-17(15)23-20(24)29-10-13-3-5-14(22)8-16(13)21/h3-8,11,25H,9-10H2,1-2H3/t11-/m1/s1. The Morgan fingerprint density at radius 3 is 2.76 bits per heavy atom. The second kappa shape index (κ2) is 8.94. The highest BCUT2D eigenvalue weighted by Crippen LogP contribution is 2.27. The van der Waals surface area contributed by atoms with Crippen LogP contribution < -0.4 is 5.56 Å². The molecule has 0 aliphatic rings. The van der Waals surface area contributed by atoms with E-state index in [4.69, 9.17) is 16.3 Å². The van der Waals surface area contributed by atoms with Crippen LogP contribution in [0.2, 0.25) is 5.02 Å². The number of carbonyl (C=O) groups excluding carboxylic acids is 1. The van der Waals surface area contributed by atoms with Crippen LogP contribution in [-0.2, 0) is 17.0 Å². The highest BCUT2D eigenvalue weighted by Gasteiger charge is 2.16. The van der Waals surface area contributed by atoms with Gasteiger partial charge in [-0.2, -0.15) is 0 Å². The minimum atomic E-state index is -0.768. The monoisotopic (exact) mass is 436 g/mol. The summed E-state index contributed by atoms with van der Waals surface area (Å²) in [6.07, 6.45) is -0.768. The number of methoxy groups -OCH3 is 1. The molecule has 1 N–H and O–H groups in total. The lowest BCUT2D eigenvalue weighted by Gasteiger charge is -2.15. The topological polar surface area (TPSA) is 81.4 Å². The van der Waals surface area contributed by atoms with Gasteiger partial charge in [-0.15, -0.1) is 0 Å². The summed E-state index contributed by atoms with van der Waals surface area (Å²) in [4.78, 5) is 29.3. The van der Waals surface area contributed by atoms with Crippen molar-refractivity contribution in [2.45, 2.75) is 30.5 Å². The number of aliphatic hydroxyl groups excluding tert-OH is 1. The number of halogens is 2. The van der Waals surface area contributed by atoms with Crippen LogP contribution >= 0.6 is 23.4 Å². The average molecular weight is 437 g/mol. The summed E-state index contributed by atoms with van der Waals surface area (Å²) < 4.78 is 19.4. The second-order valence-corrected chi connectivity index (χ2v) is 7.76. The third-order valence-corrected chi connectivity index (χ3v) is 5.54. The molecule has 0 bridgehead atoms. The Hall–Kier alpha value is -2.42. The Labute approximate surface area is 175 Å². The van der Waals surface area contributed by atoms with Crippen LogP contribution in [0.4, 0.5) is 4.39 Å². The number of fused-ring (bicyclic) bond motifs is 1. The van der Waals surface area contributed by atoms with E-state index >= 15 is 0 Å². The number of nitrogens with zero attached hydrogens (tertiary/aromatic N) is 2. The van der Waals surface area contributed by atoms with Crippen molar-refractivity contribution in [3.63, 3.8) is 0 Å². The van der Waals surface area contributed by atoms with E-state index in [0.29, 0.717) is 27.4 Å². The van der Waals surface area contributed by atoms with Gasteiger partial charge in [0.15, 0.2) is 5.16 Å². The lowest BCUT2D eigenvalue weighted by Crippen LogP contribution is -2.28. The van der Waals surface area contributed by atoms with Gasteiger partial charge in [0.2, 0.25) is 0 Å². The van der Waals surface area contributed by atoms with Crippen LogP contribution in [0.25, 0.3) is 10.9 Å². The van der Waals surface area contributed by atoms with Gasteiger partial charge in [-0.25, -0.2) is 14.2 Å². The molecule has 0 fully saturated rings. The summed E-state index contributed by atoms with van der Waals surface area (Å²) in [5, 5.41) is 10.8. The first-order chi connectivity index (χ1) is 13.8. The third-order valence-electron chi connectivity index (χ3n) is 4.16. The summed E-state index contributed by atoms with van der Waals surface area (Å²) in [5.74, 6) is -0.629. The highest BCUT2D eigenvalue weighted by molar-refractivity contribution is 7.98. The zero-order valence-electron chi connectivity index (χ0n) is 15.7. The minimum Gasteiger partial charge on any atom is -0.465 e. The fraction of sp³-hybridized carbons (Fsp3) is 0.250. The molecule has 29 heavy (non-hydrogen) atoms. The SMILES string of the molecule is COC(=O)c1ccc2c(=O)n(C[C@@H](C)O)c(SCc3ccc(F)cc3Cl)nc2c1. The van der Waals surface area contributed by atoms with E-state index in [9.17, 15) is 19.1 Å². The zero-order chi connectivity index (χ0) is 21.1. The van der Waals surface area contributed by atoms with Crippen LogP contribution in [-0.4, -0.2) is 33.8 Å². The van der Waals surface area contributed by atoms with Gasteiger partial charge >= 0.3 is 5.97 Å². The molecule has 9 heteroatoms. The number of esters is 1. The molecule has 1 atom stereocenters. The molecule has 0 spiro atoms. The number of rotatable bonds is 6. The molecule has 0 radical (unpaired) electrons. The van der Waals surface area contributed by atoms with E-state index in [1.54, 1.807) is 13.0 Å². The molecule has 152 valence electrons. The van der Waals surface area contributed by atoms with Gasteiger partial charge in [-0.1, -0.05) is 29.4 Å². The molecular formula is C20H18ClFN2O4S. The highest BCUT2D eigenvalue weighted by atomic mass is 35.5. The molecule has 1 heterocycles. The van der Waals surface area contributed by atoms with E-state index in [0.717, 1.165) is 0 Å². The van der Waals surface area contributed by atoms with Gasteiger partial charge in [0.25, 0.3) is 5.56 Å². The van der Waals surface area contributed by atoms with Crippen LogP contribution in [0, 0.1) is 5.82 Å². The van der Waals surface area contributed by atoms with E-state index in [1.807, 2.05) is 0 Å². The van der Waals surface area contributed by atoms with Gasteiger partial charge in [-0.05, 0) is 42.8 Å². The smallest absolute Gasteiger partial charge is 0.337 e. The maximum atomic E-state index is 13.3. The molecule has 0 aliphatic heterocycles. The normalized spacial score (nSPS) is 12.2. The maximum Gasteiger partial charge on any atom is 0.337 e. The van der Waals surface area contributed by atoms with Crippen molar-refractivity contribution >= 4 is 40.2 Å². The Bertz CT molecular complexity index is 1130. The largest absolute Gasteiger partial charge is 0.465 e. The zero-order valence-corrected chi connectivity index (χ0v) is 17.3. The van der Waals surface area contributed by atoms with Crippen molar-refractivity contribution in [3.8, 4) is 0 Å². The van der Waals surface area contributed by atoms with Crippen LogP contribution in [0.1, 0.15) is 22.8 Å². The Morgan fingerprint density at radius 1 is 1.34 bits per heavy atom. The number of carbonyl (C=O) groups is 1. The number of hydrogen-bond donors (Lipinski definition) is 1. The fourth-order valence-electron chi connectivity index (χ4n) is 2.76. The Balaban J connectivity index is 2.06. The van der Waals surface area contributed by atoms with Gasteiger partial charge in [0, 0.05) is 10.8 Å². The lowest BCUT2D eigenvalue weighted by atomic mass is 10.1. The third kappa shape index (κ3) is 4.77. The number of aromatic nitrogens is 2. The van der Waals surface area contributed by atoms with E-state index < -0.39 is 17.9 Å². The van der Waals surface area contributed by atoms with Gasteiger partial charge in [-0.3, -0.25) is 9.36 Å². The molecule has 6 nitrogen and oxygen atoms in total. The molecule has 0 amide bonds. The summed E-state index contributed by atoms with van der Waals surface area (Å²) in [6, 6.07) is 8.59. The number of ether oxygens (including phenoxy) is 1. The number of hydrogen-bond acceptors (Lipinski definition) is 6. The quantitative estimate of drug-likeness (QED) is 0.361. The Kier molecular flexibility index (Phi) is 6.56. The van der Waals surface area contributed by atoms with Crippen LogP contribution in [0.15, 0.2) is 46.3 Å². The molecule has 0 unspecified atom stereocenters. The Morgan fingerprint density at radius 2 is 2.10 bits per heavy atom. The molecule has 0 saturated carbocycles. The van der Waals surface area contributed by atoms with Crippen molar-refractivity contribution in [2.75, 3.05) is 7.11 Å². The van der Waals surface area contributed by atoms with E-state index in [-0.39, 0.29) is 22.7 Å². The fourth-order valence-corrected chi connectivity index (χ4v) is 4.09. The van der Waals surface area contributed by atoms with Crippen LogP contribution in [0.3, 0.4) is 0 Å². The van der Waals surface area contributed by atoms with Gasteiger partial charge in [0.05, 0.1) is 36.2 Å². The van der Waals surface area contributed by atoms with E-state index in [1.165, 1.54) is 53.8 Å². The molecule has 2 aromatic carbocycles. The number of thioether (sulfide) groups is 1. The molecule has 0 saturated heterocycles. The number of benzene rings is 2. The first-order valence-corrected chi connectivity index (χ1v) is 10.0. The average Bonchev–Trinajstić information content (AvgIpc) is 2.68. The van der Waals surface area contributed by atoms with Crippen molar-refractivity contribution in [3.05, 3.63) is 68.7 Å². The predicted octanol–water partition coefficient (Wildman–Crippen LogP) is 3.65. The van der Waals surface area contributed by atoms with Crippen molar-refractivity contribution in [1.82, 2.24) is 9.55 Å². The molecule has 0 aliphatic carbocycles. The molecular weight excluding hydrogens is 419 g/mol. The summed E-state index contributed by atoms with van der Waals surface area (Å²) >= 11 is 7.31. The first kappa shape index (κ1) is 21.3. The minimum absolute atomic E-state index is 0.0556. The molecule has 3 rings (SSSR count).